The molecule has 11 nitrogen and oxygen atoms in total. The molecule has 3 aromatic rings. The molecule has 1 aromatic heterocycles. The standard InChI is InChI=1S/C22H21N5O6/c1-31-13-6-4-5-12(9-13)20-24-25-26-27(20)17-11-33-18-16(10-32-19(17)18)23-21(28)14-7-2-3-8-15(14)22(29)30/h2-9,16-19H,10-11H2,1H3,(H,23,28)(H,29,30). The first kappa shape index (κ1) is 21.0. The quantitative estimate of drug-likeness (QED) is 0.566. The first-order chi connectivity index (χ1) is 16.1. The van der Waals surface area contributed by atoms with E-state index in [-0.39, 0.29) is 29.9 Å². The molecule has 0 bridgehead atoms. The number of carbonyl (C=O) groups is 2. The second kappa shape index (κ2) is 8.60. The van der Waals surface area contributed by atoms with E-state index >= 15 is 0 Å². The van der Waals surface area contributed by atoms with Gasteiger partial charge in [0.15, 0.2) is 5.82 Å². The summed E-state index contributed by atoms with van der Waals surface area (Å²) in [6, 6.07) is 12.8. The summed E-state index contributed by atoms with van der Waals surface area (Å²) in [7, 11) is 1.59. The number of nitrogens with one attached hydrogen (secondary N) is 1. The second-order valence-electron chi connectivity index (χ2n) is 7.77. The van der Waals surface area contributed by atoms with E-state index in [2.05, 4.69) is 20.8 Å². The number of aromatic carboxylic acids is 1. The Hall–Kier alpha value is -3.83. The number of hydrogen-bond acceptors (Lipinski definition) is 8. The number of nitrogens with zero attached hydrogens (tertiary/aromatic N) is 4. The molecule has 2 fully saturated rings. The van der Waals surface area contributed by atoms with Gasteiger partial charge in [0.1, 0.15) is 24.0 Å². The predicted molar refractivity (Wildman–Crippen MR) is 113 cm³/mol. The van der Waals surface area contributed by atoms with Crippen molar-refractivity contribution in [3.05, 3.63) is 59.7 Å². The van der Waals surface area contributed by atoms with Crippen molar-refractivity contribution in [1.82, 2.24) is 25.5 Å². The molecule has 11 heteroatoms. The minimum Gasteiger partial charge on any atom is -0.497 e. The number of benzene rings is 2. The summed E-state index contributed by atoms with van der Waals surface area (Å²) < 4.78 is 18.9. The SMILES string of the molecule is COc1cccc(-c2nnnn2C2COC3C(NC(=O)c4ccccc4C(=O)O)COC32)c1. The zero-order chi connectivity index (χ0) is 22.9. The lowest BCUT2D eigenvalue weighted by atomic mass is 10.0. The van der Waals surface area contributed by atoms with Gasteiger partial charge in [-0.05, 0) is 34.7 Å². The van der Waals surface area contributed by atoms with E-state index in [4.69, 9.17) is 14.2 Å². The van der Waals surface area contributed by atoms with Gasteiger partial charge in [-0.15, -0.1) is 5.10 Å². The number of tetrazole rings is 1. The Labute approximate surface area is 188 Å². The van der Waals surface area contributed by atoms with Gasteiger partial charge in [0.25, 0.3) is 5.91 Å². The van der Waals surface area contributed by atoms with E-state index in [9.17, 15) is 14.7 Å². The third kappa shape index (κ3) is 3.81. The molecule has 0 saturated carbocycles. The fourth-order valence-electron chi connectivity index (χ4n) is 4.30. The highest BCUT2D eigenvalue weighted by Crippen LogP contribution is 2.36. The van der Waals surface area contributed by atoms with Crippen LogP contribution in [0.5, 0.6) is 5.75 Å². The highest BCUT2D eigenvalue weighted by molar-refractivity contribution is 6.04. The molecule has 2 aliphatic heterocycles. The number of hydrogen-bond donors (Lipinski definition) is 2. The van der Waals surface area contributed by atoms with Gasteiger partial charge in [0.2, 0.25) is 0 Å². The fraction of sp³-hybridized carbons (Fsp3) is 0.318. The molecule has 0 spiro atoms. The summed E-state index contributed by atoms with van der Waals surface area (Å²) in [5.41, 5.74) is 0.812. The first-order valence-electron chi connectivity index (χ1n) is 10.4. The van der Waals surface area contributed by atoms with Gasteiger partial charge in [-0.25, -0.2) is 9.48 Å². The summed E-state index contributed by atoms with van der Waals surface area (Å²) >= 11 is 0. The third-order valence-corrected chi connectivity index (χ3v) is 5.88. The smallest absolute Gasteiger partial charge is 0.336 e. The summed E-state index contributed by atoms with van der Waals surface area (Å²) in [6.45, 7) is 0.527. The zero-order valence-electron chi connectivity index (χ0n) is 17.6. The number of aromatic nitrogens is 4. The Morgan fingerprint density at radius 1 is 1.09 bits per heavy atom. The van der Waals surface area contributed by atoms with Gasteiger partial charge in [-0.2, -0.15) is 0 Å². The third-order valence-electron chi connectivity index (χ3n) is 5.88. The zero-order valence-corrected chi connectivity index (χ0v) is 17.6. The molecular formula is C22H21N5O6. The minimum atomic E-state index is -1.16. The second-order valence-corrected chi connectivity index (χ2v) is 7.77. The summed E-state index contributed by atoms with van der Waals surface area (Å²) in [5.74, 6) is -0.422. The summed E-state index contributed by atoms with van der Waals surface area (Å²) in [4.78, 5) is 24.2. The maximum Gasteiger partial charge on any atom is 0.336 e. The van der Waals surface area contributed by atoms with Crippen LogP contribution in [0.25, 0.3) is 11.4 Å². The number of ether oxygens (including phenoxy) is 3. The number of rotatable bonds is 6. The van der Waals surface area contributed by atoms with Gasteiger partial charge in [-0.1, -0.05) is 24.3 Å². The predicted octanol–water partition coefficient (Wildman–Crippen LogP) is 1.18. The average molecular weight is 451 g/mol. The molecular weight excluding hydrogens is 430 g/mol. The van der Waals surface area contributed by atoms with Crippen LogP contribution in [0.4, 0.5) is 0 Å². The van der Waals surface area contributed by atoms with Gasteiger partial charge in [0, 0.05) is 5.56 Å². The first-order valence-corrected chi connectivity index (χ1v) is 10.4. The average Bonchev–Trinajstić information content (AvgIpc) is 3.56. The van der Waals surface area contributed by atoms with Crippen molar-refractivity contribution >= 4 is 11.9 Å². The van der Waals surface area contributed by atoms with Crippen LogP contribution in [-0.2, 0) is 9.47 Å². The van der Waals surface area contributed by atoms with Crippen molar-refractivity contribution in [2.24, 2.45) is 0 Å². The van der Waals surface area contributed by atoms with Gasteiger partial charge >= 0.3 is 5.97 Å². The Morgan fingerprint density at radius 3 is 2.67 bits per heavy atom. The van der Waals surface area contributed by atoms with Crippen LogP contribution in [0, 0.1) is 0 Å². The molecule has 0 aliphatic carbocycles. The Balaban J connectivity index is 1.34. The highest BCUT2D eigenvalue weighted by atomic mass is 16.6. The largest absolute Gasteiger partial charge is 0.497 e. The molecule has 2 aromatic carbocycles. The van der Waals surface area contributed by atoms with Crippen molar-refractivity contribution in [2.45, 2.75) is 24.3 Å². The molecule has 33 heavy (non-hydrogen) atoms. The fourth-order valence-corrected chi connectivity index (χ4v) is 4.30. The molecule has 0 radical (unpaired) electrons. The van der Waals surface area contributed by atoms with Gasteiger partial charge < -0.3 is 24.6 Å². The van der Waals surface area contributed by atoms with Crippen LogP contribution in [0.1, 0.15) is 26.8 Å². The molecule has 170 valence electrons. The van der Waals surface area contributed by atoms with Crippen LogP contribution < -0.4 is 10.1 Å². The number of carboxylic acids is 1. The Bertz CT molecular complexity index is 1200. The maximum absolute atomic E-state index is 12.8. The summed E-state index contributed by atoms with van der Waals surface area (Å²) in [5, 5.41) is 24.4. The van der Waals surface area contributed by atoms with Crippen molar-refractivity contribution in [3.8, 4) is 17.1 Å². The monoisotopic (exact) mass is 451 g/mol. The van der Waals surface area contributed by atoms with Crippen LogP contribution in [-0.4, -0.2) is 75.8 Å². The van der Waals surface area contributed by atoms with Crippen molar-refractivity contribution in [1.29, 1.82) is 0 Å². The number of carboxylic acid groups (broad SMARTS) is 1. The number of amides is 1. The summed E-state index contributed by atoms with van der Waals surface area (Å²) in [6.07, 6.45) is -0.795. The molecule has 4 atom stereocenters. The molecule has 5 rings (SSSR count). The maximum atomic E-state index is 12.8. The minimum absolute atomic E-state index is 0.0627. The van der Waals surface area contributed by atoms with E-state index in [0.717, 1.165) is 5.56 Å². The van der Waals surface area contributed by atoms with E-state index in [1.54, 1.807) is 23.9 Å². The molecule has 2 N–H and O–H groups in total. The van der Waals surface area contributed by atoms with E-state index in [1.165, 1.54) is 12.1 Å². The number of carbonyl (C=O) groups excluding carboxylic acids is 1. The van der Waals surface area contributed by atoms with E-state index < -0.39 is 24.0 Å². The lowest BCUT2D eigenvalue weighted by Gasteiger charge is -2.18. The normalized spacial score (nSPS) is 23.8. The number of fused-ring (bicyclic) bond motifs is 1. The highest BCUT2D eigenvalue weighted by Gasteiger charge is 2.50. The molecule has 2 saturated heterocycles. The van der Waals surface area contributed by atoms with Crippen LogP contribution in [0.2, 0.25) is 0 Å². The lowest BCUT2D eigenvalue weighted by molar-refractivity contribution is 0.0613. The number of methoxy groups -OCH3 is 1. The Morgan fingerprint density at radius 2 is 1.88 bits per heavy atom. The van der Waals surface area contributed by atoms with E-state index in [0.29, 0.717) is 18.2 Å². The van der Waals surface area contributed by atoms with Gasteiger partial charge in [0.05, 0.1) is 37.5 Å². The van der Waals surface area contributed by atoms with Gasteiger partial charge in [-0.3, -0.25) is 4.79 Å². The van der Waals surface area contributed by atoms with Crippen molar-refractivity contribution in [2.75, 3.05) is 20.3 Å². The molecule has 2 aliphatic rings. The van der Waals surface area contributed by atoms with Crippen LogP contribution in [0.3, 0.4) is 0 Å². The molecule has 3 heterocycles. The Kier molecular flexibility index (Phi) is 5.48. The topological polar surface area (TPSA) is 138 Å². The van der Waals surface area contributed by atoms with Crippen molar-refractivity contribution < 1.29 is 28.9 Å². The lowest BCUT2D eigenvalue weighted by Crippen LogP contribution is -2.44. The molecule has 1 amide bonds. The molecule has 4 unspecified atom stereocenters. The van der Waals surface area contributed by atoms with Crippen LogP contribution in [0.15, 0.2) is 48.5 Å². The van der Waals surface area contributed by atoms with Crippen LogP contribution >= 0.6 is 0 Å². The van der Waals surface area contributed by atoms with E-state index in [1.807, 2.05) is 24.3 Å². The van der Waals surface area contributed by atoms with Crippen molar-refractivity contribution in [3.63, 3.8) is 0 Å².